The van der Waals surface area contributed by atoms with Crippen molar-refractivity contribution in [2.75, 3.05) is 7.11 Å². The average Bonchev–Trinajstić information content (AvgIpc) is 3.36. The largest absolute Gasteiger partial charge is 0.467 e. The van der Waals surface area contributed by atoms with Crippen LogP contribution in [0, 0.1) is 11.6 Å². The number of benzene rings is 3. The number of aromatic nitrogens is 3. The summed E-state index contributed by atoms with van der Waals surface area (Å²) in [6.45, 7) is 0.134. The van der Waals surface area contributed by atoms with E-state index in [2.05, 4.69) is 31.6 Å². The fourth-order valence-electron chi connectivity index (χ4n) is 3.66. The SMILES string of the molecule is COC(=O)C(Cc1cn(C[C@H](O)c2cccc(Br)c2)nn1)NC(=O)c1ccc(Oc2ccc(F)cc2F)cc1. The second kappa shape index (κ2) is 12.6. The van der Waals surface area contributed by atoms with E-state index in [9.17, 15) is 23.5 Å². The van der Waals surface area contributed by atoms with Crippen molar-refractivity contribution in [3.8, 4) is 11.5 Å². The third-order valence-electron chi connectivity index (χ3n) is 5.62. The number of methoxy groups -OCH3 is 1. The number of ether oxygens (including phenoxy) is 2. The molecule has 4 aromatic rings. The Morgan fingerprint density at radius 3 is 2.56 bits per heavy atom. The Morgan fingerprint density at radius 2 is 1.87 bits per heavy atom. The molecule has 0 aliphatic carbocycles. The van der Waals surface area contributed by atoms with E-state index >= 15 is 0 Å². The van der Waals surface area contributed by atoms with Crippen molar-refractivity contribution in [1.82, 2.24) is 20.3 Å². The van der Waals surface area contributed by atoms with Gasteiger partial charge >= 0.3 is 5.97 Å². The van der Waals surface area contributed by atoms with E-state index in [1.165, 1.54) is 36.1 Å². The van der Waals surface area contributed by atoms with Gasteiger partial charge in [-0.25, -0.2) is 18.3 Å². The fraction of sp³-hybridized carbons (Fsp3) is 0.185. The Bertz CT molecular complexity index is 1460. The van der Waals surface area contributed by atoms with Gasteiger partial charge < -0.3 is 19.9 Å². The summed E-state index contributed by atoms with van der Waals surface area (Å²) in [6.07, 6.45) is 0.736. The van der Waals surface area contributed by atoms with Crippen LogP contribution < -0.4 is 10.1 Å². The van der Waals surface area contributed by atoms with Crippen molar-refractivity contribution in [2.24, 2.45) is 0 Å². The first-order valence-electron chi connectivity index (χ1n) is 11.7. The van der Waals surface area contributed by atoms with Crippen LogP contribution in [-0.4, -0.2) is 45.1 Å². The quantitative estimate of drug-likeness (QED) is 0.260. The van der Waals surface area contributed by atoms with Crippen LogP contribution >= 0.6 is 15.9 Å². The molecular weight excluding hydrogens is 578 g/mol. The van der Waals surface area contributed by atoms with Gasteiger partial charge in [0.15, 0.2) is 11.6 Å². The van der Waals surface area contributed by atoms with E-state index in [0.717, 1.165) is 16.6 Å². The molecule has 0 saturated heterocycles. The smallest absolute Gasteiger partial charge is 0.328 e. The Labute approximate surface area is 230 Å². The molecule has 2 N–H and O–H groups in total. The van der Waals surface area contributed by atoms with Gasteiger partial charge in [-0.15, -0.1) is 5.10 Å². The molecule has 0 bridgehead atoms. The van der Waals surface area contributed by atoms with E-state index in [0.29, 0.717) is 17.3 Å². The number of halogens is 3. The van der Waals surface area contributed by atoms with Gasteiger partial charge in [0.1, 0.15) is 17.6 Å². The Balaban J connectivity index is 1.38. The second-order valence-corrected chi connectivity index (χ2v) is 9.37. The molecule has 3 aromatic carbocycles. The highest BCUT2D eigenvalue weighted by atomic mass is 79.9. The number of hydrogen-bond acceptors (Lipinski definition) is 7. The van der Waals surface area contributed by atoms with Gasteiger partial charge in [-0.3, -0.25) is 4.79 Å². The summed E-state index contributed by atoms with van der Waals surface area (Å²) in [5.74, 6) is -2.79. The topological polar surface area (TPSA) is 116 Å². The average molecular weight is 601 g/mol. The lowest BCUT2D eigenvalue weighted by atomic mass is 10.1. The lowest BCUT2D eigenvalue weighted by Crippen LogP contribution is -2.43. The summed E-state index contributed by atoms with van der Waals surface area (Å²) < 4.78 is 39.4. The van der Waals surface area contributed by atoms with Gasteiger partial charge in [-0.05, 0) is 54.1 Å². The molecule has 0 aliphatic heterocycles. The molecule has 9 nitrogen and oxygen atoms in total. The lowest BCUT2D eigenvalue weighted by molar-refractivity contribution is -0.142. The third kappa shape index (κ3) is 7.45. The Kier molecular flexibility index (Phi) is 8.99. The number of aliphatic hydroxyl groups is 1. The maximum Gasteiger partial charge on any atom is 0.328 e. The number of aliphatic hydroxyl groups excluding tert-OH is 1. The second-order valence-electron chi connectivity index (χ2n) is 8.46. The molecule has 0 radical (unpaired) electrons. The number of hydrogen-bond donors (Lipinski definition) is 2. The van der Waals surface area contributed by atoms with Crippen molar-refractivity contribution in [3.05, 3.63) is 106 Å². The number of amides is 1. The van der Waals surface area contributed by atoms with Gasteiger partial charge in [0.05, 0.1) is 25.5 Å². The van der Waals surface area contributed by atoms with Crippen molar-refractivity contribution < 1.29 is 33.0 Å². The normalized spacial score (nSPS) is 12.4. The van der Waals surface area contributed by atoms with E-state index in [-0.39, 0.29) is 30.0 Å². The molecule has 12 heteroatoms. The zero-order chi connectivity index (χ0) is 27.9. The maximum atomic E-state index is 13.8. The van der Waals surface area contributed by atoms with Crippen LogP contribution in [0.2, 0.25) is 0 Å². The van der Waals surface area contributed by atoms with Crippen LogP contribution in [0.3, 0.4) is 0 Å². The number of carbonyl (C=O) groups is 2. The summed E-state index contributed by atoms with van der Waals surface area (Å²) >= 11 is 3.37. The third-order valence-corrected chi connectivity index (χ3v) is 6.12. The predicted octanol–water partition coefficient (Wildman–Crippen LogP) is 4.36. The van der Waals surface area contributed by atoms with Crippen LogP contribution in [0.4, 0.5) is 8.78 Å². The first-order chi connectivity index (χ1) is 18.7. The first kappa shape index (κ1) is 27.9. The Hall–Kier alpha value is -4.16. The Morgan fingerprint density at radius 1 is 1.10 bits per heavy atom. The van der Waals surface area contributed by atoms with Gasteiger partial charge in [0.2, 0.25) is 0 Å². The summed E-state index contributed by atoms with van der Waals surface area (Å²) in [6, 6.07) is 14.8. The number of nitrogens with zero attached hydrogens (tertiary/aromatic N) is 3. The van der Waals surface area contributed by atoms with Crippen molar-refractivity contribution in [1.29, 1.82) is 0 Å². The maximum absolute atomic E-state index is 13.8. The van der Waals surface area contributed by atoms with E-state index in [1.807, 2.05) is 12.1 Å². The van der Waals surface area contributed by atoms with E-state index < -0.39 is 35.7 Å². The van der Waals surface area contributed by atoms with Crippen molar-refractivity contribution in [2.45, 2.75) is 25.1 Å². The molecule has 2 atom stereocenters. The molecule has 0 aliphatic rings. The summed E-state index contributed by atoms with van der Waals surface area (Å²) in [5, 5.41) is 21.2. The van der Waals surface area contributed by atoms with Gasteiger partial charge in [0.25, 0.3) is 5.91 Å². The van der Waals surface area contributed by atoms with Gasteiger partial charge in [-0.1, -0.05) is 33.3 Å². The zero-order valence-corrected chi connectivity index (χ0v) is 22.1. The molecule has 39 heavy (non-hydrogen) atoms. The minimum atomic E-state index is -1.06. The first-order valence-corrected chi connectivity index (χ1v) is 12.5. The van der Waals surface area contributed by atoms with E-state index in [4.69, 9.17) is 9.47 Å². The fourth-order valence-corrected chi connectivity index (χ4v) is 4.08. The number of rotatable bonds is 10. The monoisotopic (exact) mass is 600 g/mol. The standard InChI is InChI=1S/C27H23BrF2N4O5/c1-38-27(37)23(13-20-14-34(33-32-20)15-24(35)17-3-2-4-18(28)11-17)31-26(36)16-5-8-21(9-6-16)39-25-10-7-19(29)12-22(25)30/h2-12,14,23-24,35H,13,15H2,1H3,(H,31,36)/t23?,24-/m0/s1. The molecule has 0 fully saturated rings. The lowest BCUT2D eigenvalue weighted by Gasteiger charge is -2.15. The van der Waals surface area contributed by atoms with Crippen molar-refractivity contribution in [3.63, 3.8) is 0 Å². The van der Waals surface area contributed by atoms with Crippen LogP contribution in [-0.2, 0) is 22.5 Å². The van der Waals surface area contributed by atoms with Crippen molar-refractivity contribution >= 4 is 27.8 Å². The van der Waals surface area contributed by atoms with Crippen LogP contribution in [0.5, 0.6) is 11.5 Å². The van der Waals surface area contributed by atoms with Crippen LogP contribution in [0.25, 0.3) is 0 Å². The van der Waals surface area contributed by atoms with Gasteiger partial charge in [-0.2, -0.15) is 0 Å². The zero-order valence-electron chi connectivity index (χ0n) is 20.6. The molecule has 1 aromatic heterocycles. The van der Waals surface area contributed by atoms with E-state index in [1.54, 1.807) is 18.3 Å². The van der Waals surface area contributed by atoms with Crippen LogP contribution in [0.1, 0.15) is 27.7 Å². The molecule has 0 spiro atoms. The molecule has 202 valence electrons. The molecule has 0 saturated carbocycles. The predicted molar refractivity (Wildman–Crippen MR) is 139 cm³/mol. The summed E-state index contributed by atoms with van der Waals surface area (Å²) in [7, 11) is 1.20. The molecule has 4 rings (SSSR count). The van der Waals surface area contributed by atoms with Crippen LogP contribution in [0.15, 0.2) is 77.4 Å². The number of esters is 1. The highest BCUT2D eigenvalue weighted by molar-refractivity contribution is 9.10. The molecule has 1 amide bonds. The number of nitrogens with one attached hydrogen (secondary N) is 1. The molecule has 1 unspecified atom stereocenters. The van der Waals surface area contributed by atoms with Gasteiger partial charge in [0, 0.05) is 28.7 Å². The molecule has 1 heterocycles. The number of carbonyl (C=O) groups excluding carboxylic acids is 2. The summed E-state index contributed by atoms with van der Waals surface area (Å²) in [4.78, 5) is 25.2. The highest BCUT2D eigenvalue weighted by Gasteiger charge is 2.24. The minimum Gasteiger partial charge on any atom is -0.467 e. The highest BCUT2D eigenvalue weighted by Crippen LogP contribution is 2.25. The minimum absolute atomic E-state index is 0.00354. The molecular formula is C27H23BrF2N4O5. The summed E-state index contributed by atoms with van der Waals surface area (Å²) in [5.41, 5.74) is 1.30.